The maximum absolute atomic E-state index is 12.8. The molecule has 2 aromatic rings. The predicted molar refractivity (Wildman–Crippen MR) is 105 cm³/mol. The molecule has 27 heavy (non-hydrogen) atoms. The van der Waals surface area contributed by atoms with Crippen LogP contribution in [0.15, 0.2) is 41.3 Å². The molecule has 1 amide bonds. The minimum Gasteiger partial charge on any atom is -0.379 e. The van der Waals surface area contributed by atoms with E-state index in [-0.39, 0.29) is 10.5 Å². The number of nitrogens with zero attached hydrogens (tertiary/aromatic N) is 1. The molecule has 0 aliphatic carbocycles. The second-order valence-electron chi connectivity index (χ2n) is 6.08. The Balaban J connectivity index is 1.88. The number of hydrogen-bond acceptors (Lipinski definition) is 4. The van der Waals surface area contributed by atoms with E-state index in [0.29, 0.717) is 47.6 Å². The third-order valence-electron chi connectivity index (χ3n) is 4.24. The molecule has 9 heteroatoms. The minimum atomic E-state index is -3.69. The summed E-state index contributed by atoms with van der Waals surface area (Å²) in [7, 11) is -3.69. The molecule has 0 aromatic heterocycles. The number of rotatable bonds is 4. The van der Waals surface area contributed by atoms with Crippen molar-refractivity contribution >= 4 is 44.8 Å². The van der Waals surface area contributed by atoms with Crippen molar-refractivity contribution < 1.29 is 17.9 Å². The van der Waals surface area contributed by atoms with Gasteiger partial charge in [0.05, 0.1) is 28.2 Å². The smallest absolute Gasteiger partial charge is 0.255 e. The normalized spacial score (nSPS) is 15.5. The third-order valence-corrected chi connectivity index (χ3v) is 6.87. The minimum absolute atomic E-state index is 0.0780. The Kier molecular flexibility index (Phi) is 6.08. The first-order valence-corrected chi connectivity index (χ1v) is 10.4. The Morgan fingerprint density at radius 1 is 1.07 bits per heavy atom. The standard InChI is InChI=1S/C18H18Cl2N2O4S/c1-12-2-4-14(27(24,25)22-6-8-26-9-7-22)11-15(12)18(23)21-13-3-5-16(19)17(20)10-13/h2-5,10-11H,6-9H2,1H3,(H,21,23). The van der Waals surface area contributed by atoms with Crippen LogP contribution in [0.2, 0.25) is 10.0 Å². The summed E-state index contributed by atoms with van der Waals surface area (Å²) in [5, 5.41) is 3.41. The van der Waals surface area contributed by atoms with Crippen LogP contribution < -0.4 is 5.32 Å². The van der Waals surface area contributed by atoms with Gasteiger partial charge in [0.15, 0.2) is 0 Å². The van der Waals surface area contributed by atoms with Crippen LogP contribution in [0.3, 0.4) is 0 Å². The summed E-state index contributed by atoms with van der Waals surface area (Å²) in [6.07, 6.45) is 0. The second kappa shape index (κ2) is 8.16. The molecule has 1 saturated heterocycles. The maximum Gasteiger partial charge on any atom is 0.255 e. The summed E-state index contributed by atoms with van der Waals surface area (Å²) >= 11 is 11.8. The van der Waals surface area contributed by atoms with Crippen LogP contribution in [0.1, 0.15) is 15.9 Å². The SMILES string of the molecule is Cc1ccc(S(=O)(=O)N2CCOCC2)cc1C(=O)Nc1ccc(Cl)c(Cl)c1. The van der Waals surface area contributed by atoms with Crippen LogP contribution in [0.5, 0.6) is 0 Å². The fraction of sp³-hybridized carbons (Fsp3) is 0.278. The third kappa shape index (κ3) is 4.44. The van der Waals surface area contributed by atoms with E-state index in [0.717, 1.165) is 0 Å². The molecule has 0 saturated carbocycles. The number of ether oxygens (including phenoxy) is 1. The highest BCUT2D eigenvalue weighted by atomic mass is 35.5. The van der Waals surface area contributed by atoms with Gasteiger partial charge in [-0.1, -0.05) is 29.3 Å². The molecule has 0 unspecified atom stereocenters. The van der Waals surface area contributed by atoms with E-state index in [1.54, 1.807) is 25.1 Å². The van der Waals surface area contributed by atoms with E-state index in [1.165, 1.54) is 22.5 Å². The van der Waals surface area contributed by atoms with Gasteiger partial charge >= 0.3 is 0 Å². The molecular weight excluding hydrogens is 411 g/mol. The van der Waals surface area contributed by atoms with Crippen LogP contribution in [0.25, 0.3) is 0 Å². The van der Waals surface area contributed by atoms with E-state index in [9.17, 15) is 13.2 Å². The maximum atomic E-state index is 12.8. The summed E-state index contributed by atoms with van der Waals surface area (Å²) in [6.45, 7) is 3.04. The van der Waals surface area contributed by atoms with Gasteiger partial charge in [0.25, 0.3) is 5.91 Å². The van der Waals surface area contributed by atoms with Gasteiger partial charge in [-0.3, -0.25) is 4.79 Å². The molecule has 0 bridgehead atoms. The average molecular weight is 429 g/mol. The molecule has 1 aliphatic rings. The Morgan fingerprint density at radius 3 is 2.44 bits per heavy atom. The van der Waals surface area contributed by atoms with Crippen molar-refractivity contribution in [3.05, 3.63) is 57.6 Å². The molecule has 0 radical (unpaired) electrons. The number of carbonyl (C=O) groups excluding carboxylic acids is 1. The quantitative estimate of drug-likeness (QED) is 0.807. The topological polar surface area (TPSA) is 75.7 Å². The van der Waals surface area contributed by atoms with Crippen molar-refractivity contribution in [2.75, 3.05) is 31.6 Å². The summed E-state index contributed by atoms with van der Waals surface area (Å²) in [5.41, 5.74) is 1.40. The molecule has 0 spiro atoms. The fourth-order valence-electron chi connectivity index (χ4n) is 2.71. The fourth-order valence-corrected chi connectivity index (χ4v) is 4.45. The van der Waals surface area contributed by atoms with E-state index < -0.39 is 15.9 Å². The zero-order valence-corrected chi connectivity index (χ0v) is 16.9. The summed E-state index contributed by atoms with van der Waals surface area (Å²) in [6, 6.07) is 9.26. The average Bonchev–Trinajstić information content (AvgIpc) is 2.65. The number of amides is 1. The molecule has 1 fully saturated rings. The van der Waals surface area contributed by atoms with E-state index in [1.807, 2.05) is 0 Å². The molecular formula is C18H18Cl2N2O4S. The van der Waals surface area contributed by atoms with E-state index in [4.69, 9.17) is 27.9 Å². The summed E-state index contributed by atoms with van der Waals surface area (Å²) in [4.78, 5) is 12.7. The second-order valence-corrected chi connectivity index (χ2v) is 8.83. The highest BCUT2D eigenvalue weighted by molar-refractivity contribution is 7.89. The van der Waals surface area contributed by atoms with Gasteiger partial charge in [-0.25, -0.2) is 8.42 Å². The number of morpholine rings is 1. The Bertz CT molecular complexity index is 973. The van der Waals surface area contributed by atoms with Crippen molar-refractivity contribution in [2.45, 2.75) is 11.8 Å². The van der Waals surface area contributed by atoms with Crippen LogP contribution in [0.4, 0.5) is 5.69 Å². The first-order chi connectivity index (χ1) is 12.8. The van der Waals surface area contributed by atoms with Crippen LogP contribution in [-0.4, -0.2) is 44.9 Å². The lowest BCUT2D eigenvalue weighted by Crippen LogP contribution is -2.40. The zero-order chi connectivity index (χ0) is 19.6. The van der Waals surface area contributed by atoms with Crippen molar-refractivity contribution in [2.24, 2.45) is 0 Å². The molecule has 2 aromatic carbocycles. The number of carbonyl (C=O) groups is 1. The van der Waals surface area contributed by atoms with Crippen molar-refractivity contribution in [3.63, 3.8) is 0 Å². The number of hydrogen-bond donors (Lipinski definition) is 1. The Hall–Kier alpha value is -1.64. The van der Waals surface area contributed by atoms with Crippen molar-refractivity contribution in [1.82, 2.24) is 4.31 Å². The number of nitrogens with one attached hydrogen (secondary N) is 1. The molecule has 1 N–H and O–H groups in total. The Morgan fingerprint density at radius 2 is 1.78 bits per heavy atom. The van der Waals surface area contributed by atoms with E-state index >= 15 is 0 Å². The zero-order valence-electron chi connectivity index (χ0n) is 14.5. The highest BCUT2D eigenvalue weighted by Crippen LogP contribution is 2.26. The molecule has 1 aliphatic heterocycles. The first kappa shape index (κ1) is 20.1. The number of benzene rings is 2. The molecule has 1 heterocycles. The van der Waals surface area contributed by atoms with Crippen molar-refractivity contribution in [3.8, 4) is 0 Å². The van der Waals surface area contributed by atoms with Gasteiger partial charge in [-0.15, -0.1) is 0 Å². The number of halogens is 2. The van der Waals surface area contributed by atoms with Gasteiger partial charge in [0.2, 0.25) is 10.0 Å². The lowest BCUT2D eigenvalue weighted by Gasteiger charge is -2.26. The van der Waals surface area contributed by atoms with Crippen molar-refractivity contribution in [1.29, 1.82) is 0 Å². The molecule has 0 atom stereocenters. The Labute approximate surface area is 168 Å². The highest BCUT2D eigenvalue weighted by Gasteiger charge is 2.27. The van der Waals surface area contributed by atoms with Gasteiger partial charge < -0.3 is 10.1 Å². The number of sulfonamides is 1. The van der Waals surface area contributed by atoms with Gasteiger partial charge in [-0.05, 0) is 42.8 Å². The lowest BCUT2D eigenvalue weighted by atomic mass is 10.1. The van der Waals surface area contributed by atoms with Gasteiger partial charge in [0.1, 0.15) is 0 Å². The number of aryl methyl sites for hydroxylation is 1. The largest absolute Gasteiger partial charge is 0.379 e. The van der Waals surface area contributed by atoms with E-state index in [2.05, 4.69) is 5.32 Å². The van der Waals surface area contributed by atoms with Gasteiger partial charge in [0, 0.05) is 24.3 Å². The molecule has 3 rings (SSSR count). The van der Waals surface area contributed by atoms with Crippen LogP contribution in [0, 0.1) is 6.92 Å². The summed E-state index contributed by atoms with van der Waals surface area (Å²) in [5.74, 6) is -0.426. The first-order valence-electron chi connectivity index (χ1n) is 8.24. The predicted octanol–water partition coefficient (Wildman–Crippen LogP) is 3.58. The molecule has 144 valence electrons. The van der Waals surface area contributed by atoms with Crippen LogP contribution in [-0.2, 0) is 14.8 Å². The van der Waals surface area contributed by atoms with Gasteiger partial charge in [-0.2, -0.15) is 4.31 Å². The molecule has 6 nitrogen and oxygen atoms in total. The lowest BCUT2D eigenvalue weighted by molar-refractivity contribution is 0.0730. The number of anilines is 1. The summed E-state index contributed by atoms with van der Waals surface area (Å²) < 4.78 is 32.2. The monoisotopic (exact) mass is 428 g/mol. The van der Waals surface area contributed by atoms with Crippen LogP contribution >= 0.6 is 23.2 Å².